The lowest BCUT2D eigenvalue weighted by atomic mass is 9.89. The number of carbonyl (C=O) groups is 1. The van der Waals surface area contributed by atoms with Crippen molar-refractivity contribution in [2.75, 3.05) is 0 Å². The predicted molar refractivity (Wildman–Crippen MR) is 107 cm³/mol. The zero-order valence-corrected chi connectivity index (χ0v) is 16.2. The number of benzene rings is 1. The van der Waals surface area contributed by atoms with E-state index in [-0.39, 0.29) is 11.8 Å². The fourth-order valence-corrected chi connectivity index (χ4v) is 4.06. The fourth-order valence-electron chi connectivity index (χ4n) is 4.06. The summed E-state index contributed by atoms with van der Waals surface area (Å²) in [4.78, 5) is 17.3. The highest BCUT2D eigenvalue weighted by atomic mass is 16.1. The topological polar surface area (TPSA) is 46.9 Å². The minimum atomic E-state index is 0.204. The van der Waals surface area contributed by atoms with Crippen LogP contribution in [-0.2, 0) is 17.9 Å². The van der Waals surface area contributed by atoms with E-state index in [4.69, 9.17) is 4.98 Å². The van der Waals surface area contributed by atoms with E-state index < -0.39 is 0 Å². The van der Waals surface area contributed by atoms with Gasteiger partial charge in [-0.05, 0) is 31.4 Å². The Morgan fingerprint density at radius 3 is 2.69 bits per heavy atom. The van der Waals surface area contributed by atoms with Gasteiger partial charge in [-0.25, -0.2) is 4.98 Å². The van der Waals surface area contributed by atoms with Gasteiger partial charge in [0, 0.05) is 12.5 Å². The molecule has 0 bridgehead atoms. The van der Waals surface area contributed by atoms with Crippen molar-refractivity contribution >= 4 is 16.9 Å². The Labute approximate surface area is 157 Å². The summed E-state index contributed by atoms with van der Waals surface area (Å²) in [6, 6.07) is 8.31. The van der Waals surface area contributed by atoms with E-state index in [1.54, 1.807) is 0 Å². The van der Waals surface area contributed by atoms with Gasteiger partial charge in [0.1, 0.15) is 5.82 Å². The Bertz CT molecular complexity index is 700. The standard InChI is InChI=1S/C22H33N3O/c1-2-3-4-5-11-16-25-20-15-10-9-14-19(20)24-21(25)17-23-22(26)18-12-7-6-8-13-18/h9-10,14-15,18H,2-8,11-13,16-17H2,1H3,(H,23,26). The molecule has 1 fully saturated rings. The first-order chi connectivity index (χ1) is 12.8. The van der Waals surface area contributed by atoms with Gasteiger partial charge in [-0.2, -0.15) is 0 Å². The van der Waals surface area contributed by atoms with Crippen molar-refractivity contribution in [2.45, 2.75) is 84.2 Å². The van der Waals surface area contributed by atoms with Gasteiger partial charge in [-0.1, -0.05) is 64.0 Å². The third-order valence-corrected chi connectivity index (χ3v) is 5.62. The van der Waals surface area contributed by atoms with Crippen molar-refractivity contribution in [2.24, 2.45) is 5.92 Å². The minimum Gasteiger partial charge on any atom is -0.349 e. The summed E-state index contributed by atoms with van der Waals surface area (Å²) >= 11 is 0. The molecule has 0 radical (unpaired) electrons. The molecule has 1 N–H and O–H groups in total. The van der Waals surface area contributed by atoms with Gasteiger partial charge in [-0.15, -0.1) is 0 Å². The van der Waals surface area contributed by atoms with Crippen LogP contribution in [0.4, 0.5) is 0 Å². The number of unbranched alkanes of at least 4 members (excludes halogenated alkanes) is 4. The third kappa shape index (κ3) is 4.87. The van der Waals surface area contributed by atoms with Crippen molar-refractivity contribution in [3.05, 3.63) is 30.1 Å². The molecule has 1 amide bonds. The summed E-state index contributed by atoms with van der Waals surface area (Å²) in [6.07, 6.45) is 12.1. The zero-order chi connectivity index (χ0) is 18.2. The molecular weight excluding hydrogens is 322 g/mol. The number of hydrogen-bond acceptors (Lipinski definition) is 2. The van der Waals surface area contributed by atoms with Crippen LogP contribution in [0.2, 0.25) is 0 Å². The Morgan fingerprint density at radius 1 is 1.12 bits per heavy atom. The lowest BCUT2D eigenvalue weighted by molar-refractivity contribution is -0.126. The highest BCUT2D eigenvalue weighted by Gasteiger charge is 2.21. The number of aromatic nitrogens is 2. The first kappa shape index (κ1) is 18.9. The molecule has 0 saturated heterocycles. The van der Waals surface area contributed by atoms with Crippen molar-refractivity contribution < 1.29 is 4.79 Å². The van der Waals surface area contributed by atoms with Gasteiger partial charge in [-0.3, -0.25) is 4.79 Å². The van der Waals surface area contributed by atoms with E-state index >= 15 is 0 Å². The summed E-state index contributed by atoms with van der Waals surface area (Å²) in [5, 5.41) is 3.16. The van der Waals surface area contributed by atoms with Gasteiger partial charge >= 0.3 is 0 Å². The van der Waals surface area contributed by atoms with Crippen LogP contribution in [0, 0.1) is 5.92 Å². The molecular formula is C22H33N3O. The molecule has 0 aliphatic heterocycles. The number of carbonyl (C=O) groups excluding carboxylic acids is 1. The maximum absolute atomic E-state index is 12.5. The van der Waals surface area contributed by atoms with Crippen LogP contribution < -0.4 is 5.32 Å². The molecule has 4 heteroatoms. The highest BCUT2D eigenvalue weighted by Crippen LogP contribution is 2.24. The minimum absolute atomic E-state index is 0.204. The molecule has 1 saturated carbocycles. The van der Waals surface area contributed by atoms with Crippen molar-refractivity contribution in [3.63, 3.8) is 0 Å². The van der Waals surface area contributed by atoms with E-state index in [1.807, 2.05) is 6.07 Å². The zero-order valence-electron chi connectivity index (χ0n) is 16.2. The fraction of sp³-hybridized carbons (Fsp3) is 0.636. The molecule has 1 aromatic heterocycles. The monoisotopic (exact) mass is 355 g/mol. The number of imidazole rings is 1. The van der Waals surface area contributed by atoms with Gasteiger partial charge < -0.3 is 9.88 Å². The highest BCUT2D eigenvalue weighted by molar-refractivity contribution is 5.79. The molecule has 4 nitrogen and oxygen atoms in total. The molecule has 0 atom stereocenters. The number of para-hydroxylation sites is 2. The largest absolute Gasteiger partial charge is 0.349 e. The van der Waals surface area contributed by atoms with Crippen LogP contribution in [0.1, 0.15) is 77.0 Å². The second-order valence-corrected chi connectivity index (χ2v) is 7.64. The average molecular weight is 356 g/mol. The van der Waals surface area contributed by atoms with Crippen LogP contribution in [0.15, 0.2) is 24.3 Å². The SMILES string of the molecule is CCCCCCCn1c(CNC(=O)C2CCCCC2)nc2ccccc21. The van der Waals surface area contributed by atoms with Crippen LogP contribution >= 0.6 is 0 Å². The number of aryl methyl sites for hydroxylation is 1. The number of rotatable bonds is 9. The van der Waals surface area contributed by atoms with E-state index in [2.05, 4.69) is 35.0 Å². The van der Waals surface area contributed by atoms with E-state index in [0.717, 1.165) is 30.7 Å². The number of nitrogens with zero attached hydrogens (tertiary/aromatic N) is 2. The van der Waals surface area contributed by atoms with Crippen LogP contribution in [0.3, 0.4) is 0 Å². The summed E-state index contributed by atoms with van der Waals surface area (Å²) in [5.74, 6) is 1.41. The predicted octanol–water partition coefficient (Wildman–Crippen LogP) is 5.20. The maximum atomic E-state index is 12.5. The van der Waals surface area contributed by atoms with E-state index in [9.17, 15) is 4.79 Å². The quantitative estimate of drug-likeness (QED) is 0.628. The molecule has 0 unspecified atom stereocenters. The van der Waals surface area contributed by atoms with Gasteiger partial charge in [0.15, 0.2) is 0 Å². The smallest absolute Gasteiger partial charge is 0.223 e. The number of hydrogen-bond donors (Lipinski definition) is 1. The molecule has 142 valence electrons. The molecule has 1 aromatic carbocycles. The number of nitrogens with one attached hydrogen (secondary N) is 1. The maximum Gasteiger partial charge on any atom is 0.223 e. The second-order valence-electron chi connectivity index (χ2n) is 7.64. The number of amides is 1. The molecule has 1 heterocycles. The summed E-state index contributed by atoms with van der Waals surface area (Å²) in [5.41, 5.74) is 2.22. The first-order valence-electron chi connectivity index (χ1n) is 10.5. The molecule has 0 spiro atoms. The first-order valence-corrected chi connectivity index (χ1v) is 10.5. The number of fused-ring (bicyclic) bond motifs is 1. The van der Waals surface area contributed by atoms with Gasteiger partial charge in [0.2, 0.25) is 5.91 Å². The van der Waals surface area contributed by atoms with Gasteiger partial charge in [0.05, 0.1) is 17.6 Å². The Morgan fingerprint density at radius 2 is 1.88 bits per heavy atom. The van der Waals surface area contributed by atoms with E-state index in [1.165, 1.54) is 56.9 Å². The summed E-state index contributed by atoms with van der Waals surface area (Å²) in [7, 11) is 0. The Balaban J connectivity index is 1.64. The lowest BCUT2D eigenvalue weighted by Crippen LogP contribution is -2.32. The van der Waals surface area contributed by atoms with Crippen LogP contribution in [-0.4, -0.2) is 15.5 Å². The molecule has 1 aliphatic rings. The van der Waals surface area contributed by atoms with Crippen molar-refractivity contribution in [3.8, 4) is 0 Å². The molecule has 26 heavy (non-hydrogen) atoms. The molecule has 1 aliphatic carbocycles. The van der Waals surface area contributed by atoms with Crippen molar-refractivity contribution in [1.82, 2.24) is 14.9 Å². The van der Waals surface area contributed by atoms with Crippen LogP contribution in [0.5, 0.6) is 0 Å². The Hall–Kier alpha value is -1.84. The van der Waals surface area contributed by atoms with Crippen LogP contribution in [0.25, 0.3) is 11.0 Å². The summed E-state index contributed by atoms with van der Waals surface area (Å²) < 4.78 is 2.31. The second kappa shape index (κ2) is 9.75. The lowest BCUT2D eigenvalue weighted by Gasteiger charge is -2.20. The Kier molecular flexibility index (Phi) is 7.10. The molecule has 2 aromatic rings. The van der Waals surface area contributed by atoms with Gasteiger partial charge in [0.25, 0.3) is 0 Å². The normalized spacial score (nSPS) is 15.4. The summed E-state index contributed by atoms with van der Waals surface area (Å²) in [6.45, 7) is 3.77. The van der Waals surface area contributed by atoms with E-state index in [0.29, 0.717) is 6.54 Å². The molecule has 3 rings (SSSR count). The van der Waals surface area contributed by atoms with Crippen molar-refractivity contribution in [1.29, 1.82) is 0 Å². The average Bonchev–Trinajstić information content (AvgIpc) is 3.04. The third-order valence-electron chi connectivity index (χ3n) is 5.62.